The standard InChI is InChI=1S/C19H23N3OS/c1-23-13-15-3-5-18-17(11-15)4-6-19(22-18)21-9-2-8-20-12-16-7-10-24-14-16/h3-7,10-11,14,20H,2,8-9,12-13H2,1H3,(H,21,22). The summed E-state index contributed by atoms with van der Waals surface area (Å²) in [6, 6.07) is 12.6. The molecule has 0 aliphatic rings. The lowest BCUT2D eigenvalue weighted by molar-refractivity contribution is 0.185. The van der Waals surface area contributed by atoms with Crippen molar-refractivity contribution in [1.82, 2.24) is 10.3 Å². The summed E-state index contributed by atoms with van der Waals surface area (Å²) in [5, 5.41) is 12.3. The number of nitrogens with one attached hydrogen (secondary N) is 2. The Kier molecular flexibility index (Phi) is 6.18. The highest BCUT2D eigenvalue weighted by molar-refractivity contribution is 7.07. The lowest BCUT2D eigenvalue weighted by Gasteiger charge is -2.08. The fourth-order valence-electron chi connectivity index (χ4n) is 2.59. The van der Waals surface area contributed by atoms with Gasteiger partial charge in [-0.2, -0.15) is 11.3 Å². The van der Waals surface area contributed by atoms with Crippen LogP contribution in [-0.4, -0.2) is 25.2 Å². The van der Waals surface area contributed by atoms with Crippen LogP contribution >= 0.6 is 11.3 Å². The number of nitrogens with zero attached hydrogens (tertiary/aromatic N) is 1. The molecule has 126 valence electrons. The van der Waals surface area contributed by atoms with E-state index in [0.29, 0.717) is 6.61 Å². The van der Waals surface area contributed by atoms with Crippen molar-refractivity contribution in [3.05, 3.63) is 58.3 Å². The van der Waals surface area contributed by atoms with Crippen LogP contribution in [0.15, 0.2) is 47.2 Å². The number of methoxy groups -OCH3 is 1. The minimum Gasteiger partial charge on any atom is -0.380 e. The molecule has 3 rings (SSSR count). The summed E-state index contributed by atoms with van der Waals surface area (Å²) in [4.78, 5) is 4.66. The van der Waals surface area contributed by atoms with Crippen LogP contribution in [-0.2, 0) is 17.9 Å². The number of pyridine rings is 1. The SMILES string of the molecule is COCc1ccc2nc(NCCCNCc3ccsc3)ccc2c1. The number of aromatic nitrogens is 1. The first-order valence-corrected chi connectivity index (χ1v) is 9.14. The summed E-state index contributed by atoms with van der Waals surface area (Å²) in [5.41, 5.74) is 3.54. The first-order chi connectivity index (χ1) is 11.8. The smallest absolute Gasteiger partial charge is 0.126 e. The molecule has 0 aliphatic heterocycles. The minimum atomic E-state index is 0.633. The molecule has 5 heteroatoms. The second-order valence-corrected chi connectivity index (χ2v) is 6.53. The van der Waals surface area contributed by atoms with Gasteiger partial charge in [0.2, 0.25) is 0 Å². The molecule has 1 aromatic carbocycles. The van der Waals surface area contributed by atoms with Gasteiger partial charge in [-0.15, -0.1) is 0 Å². The van der Waals surface area contributed by atoms with Crippen LogP contribution in [0.4, 0.5) is 5.82 Å². The molecule has 0 amide bonds. The molecule has 2 N–H and O–H groups in total. The Morgan fingerprint density at radius 3 is 2.88 bits per heavy atom. The Balaban J connectivity index is 1.44. The van der Waals surface area contributed by atoms with Crippen LogP contribution in [0.3, 0.4) is 0 Å². The molecule has 0 fully saturated rings. The van der Waals surface area contributed by atoms with Crippen LogP contribution in [0.25, 0.3) is 10.9 Å². The zero-order chi connectivity index (χ0) is 16.6. The summed E-state index contributed by atoms with van der Waals surface area (Å²) in [7, 11) is 1.71. The van der Waals surface area contributed by atoms with Gasteiger partial charge in [-0.1, -0.05) is 6.07 Å². The van der Waals surface area contributed by atoms with Crippen molar-refractivity contribution < 1.29 is 4.74 Å². The first-order valence-electron chi connectivity index (χ1n) is 8.19. The molecular weight excluding hydrogens is 318 g/mol. The van der Waals surface area contributed by atoms with E-state index in [1.54, 1.807) is 18.4 Å². The summed E-state index contributed by atoms with van der Waals surface area (Å²) in [6.07, 6.45) is 1.07. The van der Waals surface area contributed by atoms with Crippen molar-refractivity contribution >= 4 is 28.1 Å². The van der Waals surface area contributed by atoms with E-state index in [0.717, 1.165) is 42.8 Å². The maximum Gasteiger partial charge on any atom is 0.126 e. The Bertz CT molecular complexity index is 758. The second-order valence-electron chi connectivity index (χ2n) is 5.75. The van der Waals surface area contributed by atoms with E-state index in [-0.39, 0.29) is 0 Å². The summed E-state index contributed by atoms with van der Waals surface area (Å²) in [5.74, 6) is 0.930. The van der Waals surface area contributed by atoms with Gasteiger partial charge in [0.05, 0.1) is 12.1 Å². The average molecular weight is 341 g/mol. The molecule has 2 aromatic heterocycles. The molecule has 3 aromatic rings. The normalized spacial score (nSPS) is 11.0. The lowest BCUT2D eigenvalue weighted by atomic mass is 10.1. The highest BCUT2D eigenvalue weighted by Gasteiger charge is 2.00. The summed E-state index contributed by atoms with van der Waals surface area (Å²) in [6.45, 7) is 3.49. The third kappa shape index (κ3) is 4.77. The molecule has 0 saturated heterocycles. The Morgan fingerprint density at radius 2 is 2.04 bits per heavy atom. The van der Waals surface area contributed by atoms with E-state index in [4.69, 9.17) is 4.74 Å². The number of rotatable bonds is 9. The number of thiophene rings is 1. The van der Waals surface area contributed by atoms with Gasteiger partial charge in [-0.05, 0) is 65.2 Å². The largest absolute Gasteiger partial charge is 0.380 e. The molecule has 24 heavy (non-hydrogen) atoms. The van der Waals surface area contributed by atoms with Crippen LogP contribution in [0, 0.1) is 0 Å². The third-order valence-electron chi connectivity index (χ3n) is 3.81. The van der Waals surface area contributed by atoms with Crippen molar-refractivity contribution in [2.24, 2.45) is 0 Å². The van der Waals surface area contributed by atoms with Gasteiger partial charge >= 0.3 is 0 Å². The minimum absolute atomic E-state index is 0.633. The quantitative estimate of drug-likeness (QED) is 0.577. The zero-order valence-electron chi connectivity index (χ0n) is 13.9. The molecule has 0 unspecified atom stereocenters. The molecule has 2 heterocycles. The van der Waals surface area contributed by atoms with Gasteiger partial charge in [0.15, 0.2) is 0 Å². The number of ether oxygens (including phenoxy) is 1. The fourth-order valence-corrected chi connectivity index (χ4v) is 3.25. The second kappa shape index (κ2) is 8.78. The van der Waals surface area contributed by atoms with E-state index in [2.05, 4.69) is 56.7 Å². The van der Waals surface area contributed by atoms with Crippen molar-refractivity contribution in [1.29, 1.82) is 0 Å². The predicted molar refractivity (Wildman–Crippen MR) is 102 cm³/mol. The Morgan fingerprint density at radius 1 is 1.08 bits per heavy atom. The van der Waals surface area contributed by atoms with E-state index >= 15 is 0 Å². The summed E-state index contributed by atoms with van der Waals surface area (Å²) >= 11 is 1.74. The van der Waals surface area contributed by atoms with Crippen molar-refractivity contribution in [3.63, 3.8) is 0 Å². The van der Waals surface area contributed by atoms with Gasteiger partial charge in [-0.3, -0.25) is 0 Å². The van der Waals surface area contributed by atoms with Gasteiger partial charge < -0.3 is 15.4 Å². The van der Waals surface area contributed by atoms with Gasteiger partial charge in [0, 0.05) is 25.6 Å². The third-order valence-corrected chi connectivity index (χ3v) is 4.54. The number of hydrogen-bond donors (Lipinski definition) is 2. The average Bonchev–Trinajstić information content (AvgIpc) is 3.11. The molecular formula is C19H23N3OS. The van der Waals surface area contributed by atoms with Gasteiger partial charge in [-0.25, -0.2) is 4.98 Å². The molecule has 0 spiro atoms. The number of hydrogen-bond acceptors (Lipinski definition) is 5. The molecule has 0 atom stereocenters. The fraction of sp³-hybridized carbons (Fsp3) is 0.316. The predicted octanol–water partition coefficient (Wildman–Crippen LogP) is 4.03. The highest BCUT2D eigenvalue weighted by atomic mass is 32.1. The lowest BCUT2D eigenvalue weighted by Crippen LogP contribution is -2.17. The Labute approximate surface area is 146 Å². The van der Waals surface area contributed by atoms with Crippen molar-refractivity contribution in [3.8, 4) is 0 Å². The molecule has 4 nitrogen and oxygen atoms in total. The van der Waals surface area contributed by atoms with E-state index < -0.39 is 0 Å². The maximum absolute atomic E-state index is 5.17. The van der Waals surface area contributed by atoms with Crippen LogP contribution in [0.5, 0.6) is 0 Å². The highest BCUT2D eigenvalue weighted by Crippen LogP contribution is 2.17. The van der Waals surface area contributed by atoms with Crippen LogP contribution in [0.1, 0.15) is 17.5 Å². The summed E-state index contributed by atoms with van der Waals surface area (Å²) < 4.78 is 5.17. The molecule has 0 radical (unpaired) electrons. The van der Waals surface area contributed by atoms with Crippen LogP contribution in [0.2, 0.25) is 0 Å². The monoisotopic (exact) mass is 341 g/mol. The number of fused-ring (bicyclic) bond motifs is 1. The van der Waals surface area contributed by atoms with E-state index in [9.17, 15) is 0 Å². The molecule has 0 aliphatic carbocycles. The van der Waals surface area contributed by atoms with Gasteiger partial charge in [0.1, 0.15) is 5.82 Å². The van der Waals surface area contributed by atoms with Gasteiger partial charge in [0.25, 0.3) is 0 Å². The zero-order valence-corrected chi connectivity index (χ0v) is 14.7. The molecule has 0 saturated carbocycles. The van der Waals surface area contributed by atoms with Crippen molar-refractivity contribution in [2.75, 3.05) is 25.5 Å². The first kappa shape index (κ1) is 16.9. The van der Waals surface area contributed by atoms with Crippen LogP contribution < -0.4 is 10.6 Å². The Hall–Kier alpha value is -1.95. The topological polar surface area (TPSA) is 46.2 Å². The number of benzene rings is 1. The van der Waals surface area contributed by atoms with E-state index in [1.807, 2.05) is 6.07 Å². The van der Waals surface area contributed by atoms with E-state index in [1.165, 1.54) is 11.1 Å². The molecule has 0 bridgehead atoms. The van der Waals surface area contributed by atoms with Crippen molar-refractivity contribution in [2.45, 2.75) is 19.6 Å². The number of anilines is 1. The maximum atomic E-state index is 5.17.